The average molecular weight is 1420 g/mol. The standard InChI is InChI=1S/2C27H28FN3O2S.C26H27FN4O3/c1-2-33-27(32)30-23-9-10-24-19(14-23)12-20-16-34-31-26(20)25(24)11-8-22-7-6-18(15-29-22)17-4-3-5-21(28)13-17;1-2-33-27(32)30-22-9-10-23-19(13-22)14-26-25(16-34-31-26)24(23)11-8-21-7-6-18(15-29-21)17-4-3-5-20(28)12-17;1-2-33-26(32)29-21-9-10-22-18(13-21)14-24-25(34-31-30-24)23(22)11-8-20-7-6-17(15-28-20)16-4-3-5-19(27)12-16/h3-8,11,13,15-16,19,23-25H,2,9-10,12,14H2,1H3,(H,30,32);3-8,11-12,15-16,19,22-24H,2,9-10,13-14H2,1H3,(H,30,32);3-8,11-12,15,18,21-23H,2,9-10,13-14H2,1H3,(H,29,32)/b3*11-8+/t19-,23-,24-,25+;19-,22+,23+,24-;18-,21+,22+,23-/m100/s1. The number of benzene rings is 3. The van der Waals surface area contributed by atoms with Crippen molar-refractivity contribution in [3.63, 3.8) is 0 Å². The Hall–Kier alpha value is -9.67. The normalized spacial score (nSPS) is 23.8. The van der Waals surface area contributed by atoms with Crippen molar-refractivity contribution < 1.29 is 46.3 Å². The second-order valence-electron chi connectivity index (χ2n) is 27.1. The summed E-state index contributed by atoms with van der Waals surface area (Å²) in [5, 5.41) is 21.4. The van der Waals surface area contributed by atoms with Crippen LogP contribution in [0.1, 0.15) is 147 Å². The summed E-state index contributed by atoms with van der Waals surface area (Å²) in [5.41, 5.74) is 13.6. The van der Waals surface area contributed by atoms with Crippen LogP contribution in [0, 0.1) is 53.0 Å². The Labute approximate surface area is 600 Å². The molecule has 528 valence electrons. The number of hydrogen-bond acceptors (Lipinski definition) is 16. The van der Waals surface area contributed by atoms with Crippen LogP contribution in [0.2, 0.25) is 0 Å². The van der Waals surface area contributed by atoms with Crippen molar-refractivity contribution in [3.8, 4) is 33.4 Å². The number of carbonyl (C=O) groups is 3. The second kappa shape index (κ2) is 33.4. The van der Waals surface area contributed by atoms with E-state index in [4.69, 9.17) is 23.1 Å². The van der Waals surface area contributed by atoms with E-state index >= 15 is 0 Å². The molecule has 3 saturated carbocycles. The zero-order chi connectivity index (χ0) is 70.5. The number of nitrogens with zero attached hydrogens (tertiary/aromatic N) is 7. The van der Waals surface area contributed by atoms with Gasteiger partial charge in [0.25, 0.3) is 0 Å². The van der Waals surface area contributed by atoms with Gasteiger partial charge in [0.15, 0.2) is 5.76 Å². The van der Waals surface area contributed by atoms with E-state index in [-0.39, 0.29) is 65.7 Å². The zero-order valence-corrected chi connectivity index (χ0v) is 58.8. The Morgan fingerprint density at radius 3 is 1.36 bits per heavy atom. The maximum Gasteiger partial charge on any atom is 0.407 e. The maximum absolute atomic E-state index is 13.5. The number of pyridine rings is 3. The largest absolute Gasteiger partial charge is 0.450 e. The molecule has 0 saturated heterocycles. The quantitative estimate of drug-likeness (QED) is 0.0814. The van der Waals surface area contributed by atoms with Gasteiger partial charge >= 0.3 is 18.3 Å². The maximum atomic E-state index is 13.5. The highest BCUT2D eigenvalue weighted by molar-refractivity contribution is 7.04. The van der Waals surface area contributed by atoms with Crippen LogP contribution in [0.25, 0.3) is 51.6 Å². The molecule has 3 N–H and O–H groups in total. The molecule has 0 bridgehead atoms. The number of amides is 3. The van der Waals surface area contributed by atoms with Gasteiger partial charge in [0.2, 0.25) is 0 Å². The zero-order valence-electron chi connectivity index (χ0n) is 57.2. The first-order valence-corrected chi connectivity index (χ1v) is 37.2. The first-order valence-electron chi connectivity index (χ1n) is 35.5. The minimum absolute atomic E-state index is 0.0528. The van der Waals surface area contributed by atoms with Crippen LogP contribution in [0.3, 0.4) is 0 Å². The summed E-state index contributed by atoms with van der Waals surface area (Å²) in [6.07, 6.45) is 28.6. The van der Waals surface area contributed by atoms with Gasteiger partial charge in [-0.25, -0.2) is 27.6 Å². The molecule has 3 amide bonds. The van der Waals surface area contributed by atoms with Gasteiger partial charge in [0.05, 0.1) is 48.3 Å². The number of halogens is 3. The smallest absolute Gasteiger partial charge is 0.407 e. The molecule has 17 nitrogen and oxygen atoms in total. The lowest BCUT2D eigenvalue weighted by molar-refractivity contribution is 0.125. The fourth-order valence-electron chi connectivity index (χ4n) is 16.1. The molecule has 0 spiro atoms. The van der Waals surface area contributed by atoms with Crippen molar-refractivity contribution >= 4 is 59.6 Å². The third-order valence-corrected chi connectivity index (χ3v) is 22.2. The molecular weight excluding hydrogens is 1330 g/mol. The molecule has 102 heavy (non-hydrogen) atoms. The number of fused-ring (bicyclic) bond motifs is 6. The van der Waals surface area contributed by atoms with Crippen LogP contribution in [0.5, 0.6) is 0 Å². The Morgan fingerprint density at radius 1 is 0.490 bits per heavy atom. The molecule has 0 aliphatic heterocycles. The topological polar surface area (TPSA) is 218 Å². The summed E-state index contributed by atoms with van der Waals surface area (Å²) in [7, 11) is 0. The van der Waals surface area contributed by atoms with Gasteiger partial charge in [-0.3, -0.25) is 15.0 Å². The Kier molecular flexibility index (Phi) is 23.2. The van der Waals surface area contributed by atoms with Gasteiger partial charge in [-0.15, -0.1) is 5.10 Å². The summed E-state index contributed by atoms with van der Waals surface area (Å²) in [4.78, 5) is 49.4. The van der Waals surface area contributed by atoms with E-state index in [1.54, 1.807) is 43.7 Å². The minimum atomic E-state index is -0.352. The Morgan fingerprint density at radius 2 is 0.912 bits per heavy atom. The summed E-state index contributed by atoms with van der Waals surface area (Å²) >= 11 is 3.05. The molecule has 6 aromatic heterocycles. The monoisotopic (exact) mass is 1420 g/mol. The molecule has 6 aliphatic carbocycles. The Bertz CT molecular complexity index is 3970. The molecular formula is C80H83F3N10O7S2. The fraction of sp³-hybridized carbons (Fsp3) is 0.375. The fourth-order valence-corrected chi connectivity index (χ4v) is 17.7. The third kappa shape index (κ3) is 17.4. The van der Waals surface area contributed by atoms with Crippen molar-refractivity contribution in [2.45, 2.75) is 134 Å². The van der Waals surface area contributed by atoms with Crippen molar-refractivity contribution in [3.05, 3.63) is 225 Å². The number of nitrogens with one attached hydrogen (secondary N) is 3. The predicted molar refractivity (Wildman–Crippen MR) is 388 cm³/mol. The van der Waals surface area contributed by atoms with Gasteiger partial charge in [-0.2, -0.15) is 8.75 Å². The number of alkyl carbamates (subject to hydrolysis) is 3. The molecule has 9 aromatic rings. The second-order valence-corrected chi connectivity index (χ2v) is 28.4. The third-order valence-electron chi connectivity index (χ3n) is 20.9. The van der Waals surface area contributed by atoms with E-state index in [9.17, 15) is 27.6 Å². The number of aromatic nitrogens is 7. The molecule has 6 heterocycles. The lowest BCUT2D eigenvalue weighted by Gasteiger charge is -2.42. The van der Waals surface area contributed by atoms with Crippen molar-refractivity contribution in [1.82, 2.24) is 50.0 Å². The molecule has 15 rings (SSSR count). The van der Waals surface area contributed by atoms with Crippen LogP contribution in [-0.2, 0) is 33.5 Å². The number of hydrogen-bond donors (Lipinski definition) is 3. The Balaban J connectivity index is 0.000000137. The molecule has 0 radical (unpaired) electrons. The number of rotatable bonds is 15. The molecule has 22 heteroatoms. The number of allylic oxidation sites excluding steroid dienone is 3. The summed E-state index contributed by atoms with van der Waals surface area (Å²) in [6, 6.07) is 31.8. The van der Waals surface area contributed by atoms with Crippen LogP contribution in [0.4, 0.5) is 27.6 Å². The summed E-state index contributed by atoms with van der Waals surface area (Å²) in [5.74, 6) is 3.40. The molecule has 6 aliphatic rings. The molecule has 3 fully saturated rings. The van der Waals surface area contributed by atoms with Crippen molar-refractivity contribution in [1.29, 1.82) is 0 Å². The highest BCUT2D eigenvalue weighted by atomic mass is 32.1. The molecule has 0 unspecified atom stereocenters. The first-order chi connectivity index (χ1) is 49.8. The van der Waals surface area contributed by atoms with Gasteiger partial charge in [-0.1, -0.05) is 72.8 Å². The van der Waals surface area contributed by atoms with E-state index in [0.717, 1.165) is 139 Å². The van der Waals surface area contributed by atoms with E-state index < -0.39 is 0 Å². The highest BCUT2D eigenvalue weighted by Gasteiger charge is 2.45. The van der Waals surface area contributed by atoms with Crippen LogP contribution in [-0.4, -0.2) is 90.3 Å². The van der Waals surface area contributed by atoms with Crippen LogP contribution >= 0.6 is 23.1 Å². The predicted octanol–water partition coefficient (Wildman–Crippen LogP) is 17.6. The first kappa shape index (κ1) is 70.8. The van der Waals surface area contributed by atoms with E-state index in [1.165, 1.54) is 82.0 Å². The average Bonchev–Trinajstić information content (AvgIpc) is 1.29. The highest BCUT2D eigenvalue weighted by Crippen LogP contribution is 2.51. The van der Waals surface area contributed by atoms with Crippen molar-refractivity contribution in [2.24, 2.45) is 35.5 Å². The van der Waals surface area contributed by atoms with E-state index in [1.807, 2.05) is 74.5 Å². The lowest BCUT2D eigenvalue weighted by atomic mass is 9.64. The minimum Gasteiger partial charge on any atom is -0.450 e. The van der Waals surface area contributed by atoms with Crippen LogP contribution in [0.15, 0.2) is 161 Å². The van der Waals surface area contributed by atoms with Gasteiger partial charge in [-0.05, 0) is 257 Å². The van der Waals surface area contributed by atoms with Crippen LogP contribution < -0.4 is 16.0 Å². The van der Waals surface area contributed by atoms with E-state index in [0.29, 0.717) is 61.2 Å². The van der Waals surface area contributed by atoms with Gasteiger partial charge in [0.1, 0.15) is 23.1 Å². The summed E-state index contributed by atoms with van der Waals surface area (Å²) < 4.78 is 70.8. The summed E-state index contributed by atoms with van der Waals surface area (Å²) in [6.45, 7) is 6.58. The number of carbonyl (C=O) groups excluding carboxylic acids is 3. The SMILES string of the molecule is CCOC(=O)N[C@@H]1CC[C@@H]2[C@H](Cc3csnc3[C@H]2/C=C/c2ccc(-c3cccc(F)c3)cn2)C1.CCOC(=O)N[C@@H]1CC[C@@H]2[C@H](Cc3nnoc3[C@H]2/C=C/c2ccc(-c3cccc(F)c3)cn2)C1.CCOC(=O)N[C@@H]1CC[C@@H]2[C@H](Cc3nscc3[C@H]2/C=C/c2ccc(-c3cccc(F)c3)cn2)C1. The van der Waals surface area contributed by atoms with Gasteiger partial charge < -0.3 is 34.7 Å². The number of ether oxygens (including phenoxy) is 3. The molecule has 12 atom stereocenters. The van der Waals surface area contributed by atoms with E-state index in [2.05, 4.69) is 86.8 Å². The van der Waals surface area contributed by atoms with Crippen molar-refractivity contribution in [2.75, 3.05) is 19.8 Å². The molecule has 3 aromatic carbocycles. The lowest BCUT2D eigenvalue weighted by Crippen LogP contribution is -2.44. The van der Waals surface area contributed by atoms with Gasteiger partial charge in [0, 0.05) is 87.2 Å².